The second-order valence-electron chi connectivity index (χ2n) is 7.59. The zero-order valence-corrected chi connectivity index (χ0v) is 17.3. The van der Waals surface area contributed by atoms with E-state index in [1.165, 1.54) is 6.20 Å². The van der Waals surface area contributed by atoms with Gasteiger partial charge in [-0.15, -0.1) is 0 Å². The highest BCUT2D eigenvalue weighted by Gasteiger charge is 2.25. The van der Waals surface area contributed by atoms with E-state index in [-0.39, 0.29) is 30.1 Å². The van der Waals surface area contributed by atoms with Crippen LogP contribution in [0.4, 0.5) is 5.82 Å². The van der Waals surface area contributed by atoms with E-state index >= 15 is 0 Å². The minimum atomic E-state index is -0.207. The Morgan fingerprint density at radius 1 is 1.09 bits per heavy atom. The van der Waals surface area contributed by atoms with Crippen molar-refractivity contribution in [3.05, 3.63) is 72.3 Å². The molecule has 0 radical (unpaired) electrons. The van der Waals surface area contributed by atoms with Crippen molar-refractivity contribution in [2.24, 2.45) is 0 Å². The van der Waals surface area contributed by atoms with E-state index < -0.39 is 0 Å². The minimum Gasteiger partial charge on any atom is -0.436 e. The predicted octanol–water partition coefficient (Wildman–Crippen LogP) is 2.70. The Kier molecular flexibility index (Phi) is 4.98. The quantitative estimate of drug-likeness (QED) is 0.470. The molecule has 4 aromatic rings. The third-order valence-corrected chi connectivity index (χ3v) is 5.12. The third-order valence-electron chi connectivity index (χ3n) is 5.12. The molecule has 1 saturated heterocycles. The molecule has 2 aromatic heterocycles. The first kappa shape index (κ1) is 19.7. The molecule has 5 rings (SSSR count). The lowest BCUT2D eigenvalue weighted by molar-refractivity contribution is -0.121. The molecular formula is C23H20N6O3. The number of para-hydroxylation sites is 2. The van der Waals surface area contributed by atoms with Crippen molar-refractivity contribution >= 4 is 28.5 Å². The van der Waals surface area contributed by atoms with Crippen molar-refractivity contribution in [1.82, 2.24) is 25.3 Å². The summed E-state index contributed by atoms with van der Waals surface area (Å²) < 4.78 is 5.94. The lowest BCUT2D eigenvalue weighted by Crippen LogP contribution is -2.53. The number of piperazine rings is 1. The summed E-state index contributed by atoms with van der Waals surface area (Å²) >= 11 is 0. The number of ether oxygens (including phenoxy) is 1. The highest BCUT2D eigenvalue weighted by Crippen LogP contribution is 2.29. The van der Waals surface area contributed by atoms with Crippen molar-refractivity contribution in [2.45, 2.75) is 13.0 Å². The van der Waals surface area contributed by atoms with Crippen molar-refractivity contribution in [2.75, 3.05) is 18.0 Å². The van der Waals surface area contributed by atoms with E-state index in [0.717, 1.165) is 11.0 Å². The van der Waals surface area contributed by atoms with Crippen LogP contribution in [0.15, 0.2) is 60.9 Å². The molecule has 0 bridgehead atoms. The molecule has 0 aliphatic carbocycles. The molecule has 0 unspecified atom stereocenters. The van der Waals surface area contributed by atoms with Gasteiger partial charge >= 0.3 is 0 Å². The number of nitrogens with zero attached hydrogens (tertiary/aromatic N) is 4. The molecule has 2 aromatic carbocycles. The molecule has 2 N–H and O–H groups in total. The summed E-state index contributed by atoms with van der Waals surface area (Å²) in [6.07, 6.45) is 3.10. The van der Waals surface area contributed by atoms with Crippen LogP contribution in [0, 0.1) is 0 Å². The number of ketones is 1. The van der Waals surface area contributed by atoms with Crippen molar-refractivity contribution < 1.29 is 14.3 Å². The van der Waals surface area contributed by atoms with Gasteiger partial charge in [-0.2, -0.15) is 0 Å². The number of hydrogen-bond acceptors (Lipinski definition) is 7. The number of H-pyrrole nitrogens is 1. The van der Waals surface area contributed by atoms with Crippen LogP contribution in [0.3, 0.4) is 0 Å². The number of imidazole rings is 1. The maximum atomic E-state index is 12.8. The Hall–Kier alpha value is -4.27. The summed E-state index contributed by atoms with van der Waals surface area (Å²) in [6.45, 7) is 2.72. The van der Waals surface area contributed by atoms with Crippen LogP contribution < -0.4 is 15.0 Å². The van der Waals surface area contributed by atoms with Gasteiger partial charge in [0.05, 0.1) is 17.6 Å². The summed E-state index contributed by atoms with van der Waals surface area (Å²) in [7, 11) is 0. The van der Waals surface area contributed by atoms with E-state index in [2.05, 4.69) is 25.3 Å². The number of carbonyl (C=O) groups excluding carboxylic acids is 2. The van der Waals surface area contributed by atoms with E-state index in [4.69, 9.17) is 4.74 Å². The molecule has 1 atom stereocenters. The predicted molar refractivity (Wildman–Crippen MR) is 118 cm³/mol. The number of aromatic amines is 1. The number of nitrogens with one attached hydrogen (secondary N) is 2. The topological polar surface area (TPSA) is 113 Å². The summed E-state index contributed by atoms with van der Waals surface area (Å²) in [5.74, 6) is 1.30. The second kappa shape index (κ2) is 8.10. The summed E-state index contributed by atoms with van der Waals surface area (Å²) in [6, 6.07) is 14.2. The summed E-state index contributed by atoms with van der Waals surface area (Å²) in [5, 5.41) is 2.88. The Balaban J connectivity index is 1.35. The van der Waals surface area contributed by atoms with Gasteiger partial charge in [0.25, 0.3) is 5.88 Å². The second-order valence-corrected chi connectivity index (χ2v) is 7.59. The monoisotopic (exact) mass is 428 g/mol. The van der Waals surface area contributed by atoms with Crippen LogP contribution in [0.2, 0.25) is 0 Å². The van der Waals surface area contributed by atoms with Crippen LogP contribution in [0.25, 0.3) is 11.0 Å². The van der Waals surface area contributed by atoms with Crippen LogP contribution in [-0.2, 0) is 4.79 Å². The Morgan fingerprint density at radius 2 is 1.88 bits per heavy atom. The van der Waals surface area contributed by atoms with Crippen LogP contribution in [-0.4, -0.2) is 50.8 Å². The van der Waals surface area contributed by atoms with Gasteiger partial charge in [-0.25, -0.2) is 15.0 Å². The summed E-state index contributed by atoms with van der Waals surface area (Å²) in [4.78, 5) is 42.6. The molecule has 160 valence electrons. The highest BCUT2D eigenvalue weighted by molar-refractivity contribution is 6.08. The van der Waals surface area contributed by atoms with Crippen LogP contribution in [0.5, 0.6) is 11.6 Å². The van der Waals surface area contributed by atoms with E-state index in [1.807, 2.05) is 36.1 Å². The minimum absolute atomic E-state index is 0.00495. The smallest absolute Gasteiger partial charge is 0.263 e. The zero-order valence-electron chi connectivity index (χ0n) is 17.3. The van der Waals surface area contributed by atoms with Crippen molar-refractivity contribution in [3.63, 3.8) is 0 Å². The van der Waals surface area contributed by atoms with Gasteiger partial charge in [-0.05, 0) is 43.3 Å². The first-order valence-corrected chi connectivity index (χ1v) is 10.2. The molecule has 3 heterocycles. The SMILES string of the molecule is C[C@H]1CN(c2nccnc2Oc2ccc(C(=O)c3nc4ccccc4[nH]3)cc2)CC(=O)N1. The van der Waals surface area contributed by atoms with Gasteiger partial charge in [-0.1, -0.05) is 12.1 Å². The first-order chi connectivity index (χ1) is 15.6. The number of amides is 1. The van der Waals surface area contributed by atoms with Gasteiger partial charge < -0.3 is 19.9 Å². The Morgan fingerprint density at radius 3 is 2.66 bits per heavy atom. The molecule has 1 aliphatic rings. The van der Waals surface area contributed by atoms with Crippen LogP contribution >= 0.6 is 0 Å². The molecular weight excluding hydrogens is 408 g/mol. The number of rotatable bonds is 5. The van der Waals surface area contributed by atoms with E-state index in [9.17, 15) is 9.59 Å². The maximum Gasteiger partial charge on any atom is 0.263 e. The fraction of sp³-hybridized carbons (Fsp3) is 0.174. The molecule has 0 saturated carbocycles. The lowest BCUT2D eigenvalue weighted by Gasteiger charge is -2.32. The highest BCUT2D eigenvalue weighted by atomic mass is 16.5. The molecule has 32 heavy (non-hydrogen) atoms. The molecule has 1 aliphatic heterocycles. The fourth-order valence-corrected chi connectivity index (χ4v) is 3.69. The number of aromatic nitrogens is 4. The van der Waals surface area contributed by atoms with Crippen LogP contribution in [0.1, 0.15) is 23.1 Å². The fourth-order valence-electron chi connectivity index (χ4n) is 3.69. The standard InChI is InChI=1S/C23H20N6O3/c1-14-12-29(13-19(30)26-14)22-23(25-11-10-24-22)32-16-8-6-15(7-9-16)20(31)21-27-17-4-2-3-5-18(17)28-21/h2-11,14H,12-13H2,1H3,(H,26,30)(H,27,28)/t14-/m0/s1. The zero-order chi connectivity index (χ0) is 22.1. The largest absolute Gasteiger partial charge is 0.436 e. The summed E-state index contributed by atoms with van der Waals surface area (Å²) in [5.41, 5.74) is 2.04. The Bertz CT molecular complexity index is 1270. The molecule has 9 nitrogen and oxygen atoms in total. The maximum absolute atomic E-state index is 12.8. The molecule has 1 fully saturated rings. The average molecular weight is 428 g/mol. The number of fused-ring (bicyclic) bond motifs is 1. The number of anilines is 1. The van der Waals surface area contributed by atoms with E-state index in [1.54, 1.807) is 30.5 Å². The number of benzene rings is 2. The van der Waals surface area contributed by atoms with Gasteiger partial charge in [0.1, 0.15) is 5.75 Å². The normalized spacial score (nSPS) is 16.1. The molecule has 0 spiro atoms. The van der Waals surface area contributed by atoms with Gasteiger partial charge in [0, 0.05) is 30.5 Å². The number of hydrogen-bond donors (Lipinski definition) is 2. The van der Waals surface area contributed by atoms with Crippen molar-refractivity contribution in [1.29, 1.82) is 0 Å². The third kappa shape index (κ3) is 3.87. The van der Waals surface area contributed by atoms with Gasteiger partial charge in [0.15, 0.2) is 11.6 Å². The van der Waals surface area contributed by atoms with E-state index in [0.29, 0.717) is 29.6 Å². The number of carbonyl (C=O) groups is 2. The Labute approximate surface area is 183 Å². The molecule has 1 amide bonds. The molecule has 9 heteroatoms. The van der Waals surface area contributed by atoms with Crippen molar-refractivity contribution in [3.8, 4) is 11.6 Å². The first-order valence-electron chi connectivity index (χ1n) is 10.2. The average Bonchev–Trinajstić information content (AvgIpc) is 3.23. The van der Waals surface area contributed by atoms with Gasteiger partial charge in [0.2, 0.25) is 11.7 Å². The lowest BCUT2D eigenvalue weighted by atomic mass is 10.1. The van der Waals surface area contributed by atoms with Gasteiger partial charge in [-0.3, -0.25) is 9.59 Å².